The van der Waals surface area contributed by atoms with Crippen LogP contribution in [0.25, 0.3) is 0 Å². The largest absolute Gasteiger partial charge is 0.447 e. The summed E-state index contributed by atoms with van der Waals surface area (Å²) in [7, 11) is 2.19. The van der Waals surface area contributed by atoms with E-state index in [4.69, 9.17) is 9.26 Å². The number of carbonyl (C=O) groups is 2. The third-order valence-corrected chi connectivity index (χ3v) is 3.04. The maximum absolute atomic E-state index is 12.1. The zero-order valence-electron chi connectivity index (χ0n) is 11.0. The fraction of sp³-hybridized carbons (Fsp3) is 0.667. The van der Waals surface area contributed by atoms with Gasteiger partial charge < -0.3 is 9.26 Å². The standard InChI is InChI=1S/C12H20NO4P/c1-8(6-17-18)4-5-9(2)11(14)13-10(3)7-16-12(13)15/h4,9-10H,5-7,18H2,1-3H3/b8-4-/t9-,10-/m0/s1. The molecule has 102 valence electrons. The highest BCUT2D eigenvalue weighted by Gasteiger charge is 2.36. The molecule has 1 aliphatic rings. The number of cyclic esters (lactones) is 1. The Balaban J connectivity index is 2.56. The van der Waals surface area contributed by atoms with E-state index < -0.39 is 6.09 Å². The third-order valence-electron chi connectivity index (χ3n) is 2.88. The van der Waals surface area contributed by atoms with Crippen molar-refractivity contribution in [3.05, 3.63) is 11.6 Å². The summed E-state index contributed by atoms with van der Waals surface area (Å²) >= 11 is 0. The molecular formula is C12H20NO4P. The van der Waals surface area contributed by atoms with Gasteiger partial charge in [0.15, 0.2) is 0 Å². The van der Waals surface area contributed by atoms with Crippen LogP contribution in [0.2, 0.25) is 0 Å². The molecule has 0 aliphatic carbocycles. The lowest BCUT2D eigenvalue weighted by atomic mass is 10.0. The number of imide groups is 1. The predicted octanol–water partition coefficient (Wildman–Crippen LogP) is 2.13. The Morgan fingerprint density at radius 1 is 1.72 bits per heavy atom. The molecule has 0 bridgehead atoms. The molecule has 2 amide bonds. The molecular weight excluding hydrogens is 253 g/mol. The van der Waals surface area contributed by atoms with E-state index in [1.54, 1.807) is 6.92 Å². The Hall–Kier alpha value is -0.930. The Morgan fingerprint density at radius 3 is 2.89 bits per heavy atom. The molecule has 0 N–H and O–H groups in total. The maximum Gasteiger partial charge on any atom is 0.416 e. The van der Waals surface area contributed by atoms with Gasteiger partial charge in [0.05, 0.1) is 12.6 Å². The van der Waals surface area contributed by atoms with Crippen LogP contribution < -0.4 is 0 Å². The second-order valence-corrected chi connectivity index (χ2v) is 4.97. The third kappa shape index (κ3) is 3.79. The van der Waals surface area contributed by atoms with Gasteiger partial charge in [0.25, 0.3) is 0 Å². The number of amides is 2. The van der Waals surface area contributed by atoms with Gasteiger partial charge >= 0.3 is 6.09 Å². The Morgan fingerprint density at radius 2 is 2.39 bits per heavy atom. The average Bonchev–Trinajstić information content (AvgIpc) is 2.65. The van der Waals surface area contributed by atoms with Crippen molar-refractivity contribution < 1.29 is 18.8 Å². The van der Waals surface area contributed by atoms with Crippen LogP contribution in [-0.4, -0.2) is 36.2 Å². The number of rotatable bonds is 5. The quantitative estimate of drug-likeness (QED) is 0.569. The topological polar surface area (TPSA) is 55.8 Å². The van der Waals surface area contributed by atoms with Crippen LogP contribution in [0.15, 0.2) is 11.6 Å². The number of ether oxygens (including phenoxy) is 1. The fourth-order valence-electron chi connectivity index (χ4n) is 1.73. The predicted molar refractivity (Wildman–Crippen MR) is 70.9 cm³/mol. The Labute approximate surface area is 110 Å². The van der Waals surface area contributed by atoms with E-state index >= 15 is 0 Å². The monoisotopic (exact) mass is 273 g/mol. The number of nitrogens with zero attached hydrogens (tertiary/aromatic N) is 1. The van der Waals surface area contributed by atoms with Crippen LogP contribution in [0.4, 0.5) is 4.79 Å². The van der Waals surface area contributed by atoms with Crippen LogP contribution in [0.1, 0.15) is 27.2 Å². The summed E-state index contributed by atoms with van der Waals surface area (Å²) in [5.74, 6) is -0.418. The molecule has 0 aromatic heterocycles. The normalized spacial score (nSPS) is 22.0. The molecule has 3 atom stereocenters. The second kappa shape index (κ2) is 6.86. The summed E-state index contributed by atoms with van der Waals surface area (Å²) in [4.78, 5) is 24.7. The lowest BCUT2D eigenvalue weighted by molar-refractivity contribution is -0.132. The summed E-state index contributed by atoms with van der Waals surface area (Å²) < 4.78 is 9.75. The van der Waals surface area contributed by atoms with E-state index in [9.17, 15) is 9.59 Å². The van der Waals surface area contributed by atoms with E-state index in [0.717, 1.165) is 5.57 Å². The van der Waals surface area contributed by atoms with E-state index in [1.807, 2.05) is 19.9 Å². The molecule has 1 unspecified atom stereocenters. The number of hydrogen-bond acceptors (Lipinski definition) is 4. The lowest BCUT2D eigenvalue weighted by Crippen LogP contribution is -2.40. The highest BCUT2D eigenvalue weighted by molar-refractivity contribution is 7.09. The van der Waals surface area contributed by atoms with Crippen molar-refractivity contribution >= 4 is 21.5 Å². The van der Waals surface area contributed by atoms with Gasteiger partial charge in [-0.05, 0) is 20.3 Å². The van der Waals surface area contributed by atoms with Crippen molar-refractivity contribution in [2.45, 2.75) is 33.2 Å². The molecule has 1 heterocycles. The molecule has 18 heavy (non-hydrogen) atoms. The van der Waals surface area contributed by atoms with Gasteiger partial charge in [0.1, 0.15) is 6.61 Å². The van der Waals surface area contributed by atoms with Gasteiger partial charge in [0, 0.05) is 15.4 Å². The van der Waals surface area contributed by atoms with E-state index in [0.29, 0.717) is 13.0 Å². The van der Waals surface area contributed by atoms with Crippen LogP contribution >= 0.6 is 9.47 Å². The molecule has 1 rings (SSSR count). The van der Waals surface area contributed by atoms with Crippen molar-refractivity contribution in [2.24, 2.45) is 5.92 Å². The smallest absolute Gasteiger partial charge is 0.416 e. The van der Waals surface area contributed by atoms with Crippen molar-refractivity contribution in [3.8, 4) is 0 Å². The van der Waals surface area contributed by atoms with Gasteiger partial charge in [-0.1, -0.05) is 18.6 Å². The summed E-state index contributed by atoms with van der Waals surface area (Å²) in [6.07, 6.45) is 2.02. The van der Waals surface area contributed by atoms with Crippen LogP contribution in [0.3, 0.4) is 0 Å². The van der Waals surface area contributed by atoms with Crippen molar-refractivity contribution in [2.75, 3.05) is 13.2 Å². The van der Waals surface area contributed by atoms with E-state index in [2.05, 4.69) is 9.47 Å². The molecule has 0 saturated carbocycles. The molecule has 1 aliphatic heterocycles. The van der Waals surface area contributed by atoms with E-state index in [1.165, 1.54) is 4.90 Å². The van der Waals surface area contributed by atoms with Crippen LogP contribution in [-0.2, 0) is 14.1 Å². The molecule has 0 aromatic carbocycles. The maximum atomic E-state index is 12.1. The molecule has 0 radical (unpaired) electrons. The molecule has 5 nitrogen and oxygen atoms in total. The SMILES string of the molecule is C/C(=C/C[C@H](C)C(=O)N1C(=O)OC[C@@H]1C)COP. The number of carbonyl (C=O) groups excluding carboxylic acids is 2. The van der Waals surface area contributed by atoms with Gasteiger partial charge in [-0.25, -0.2) is 9.69 Å². The van der Waals surface area contributed by atoms with Crippen molar-refractivity contribution in [1.82, 2.24) is 4.90 Å². The Bertz CT molecular complexity index is 356. The van der Waals surface area contributed by atoms with Gasteiger partial charge in [-0.2, -0.15) is 0 Å². The average molecular weight is 273 g/mol. The summed E-state index contributed by atoms with van der Waals surface area (Å²) in [6.45, 7) is 6.36. The lowest BCUT2D eigenvalue weighted by Gasteiger charge is -2.19. The highest BCUT2D eigenvalue weighted by atomic mass is 31.0. The fourth-order valence-corrected chi connectivity index (χ4v) is 1.99. The Kier molecular flexibility index (Phi) is 5.76. The molecule has 6 heteroatoms. The summed E-state index contributed by atoms with van der Waals surface area (Å²) in [5.41, 5.74) is 1.06. The first kappa shape index (κ1) is 15.1. The van der Waals surface area contributed by atoms with E-state index in [-0.39, 0.29) is 24.5 Å². The summed E-state index contributed by atoms with van der Waals surface area (Å²) in [5, 5.41) is 0. The minimum Gasteiger partial charge on any atom is -0.447 e. The molecule has 0 aromatic rings. The van der Waals surface area contributed by atoms with Crippen molar-refractivity contribution in [3.63, 3.8) is 0 Å². The van der Waals surface area contributed by atoms with Gasteiger partial charge in [-0.15, -0.1) is 0 Å². The second-order valence-electron chi connectivity index (χ2n) is 4.63. The minimum atomic E-state index is -0.534. The number of hydrogen-bond donors (Lipinski definition) is 0. The first-order chi connectivity index (χ1) is 8.47. The first-order valence-electron chi connectivity index (χ1n) is 5.94. The number of allylic oxidation sites excluding steroid dienone is 1. The first-order valence-corrected chi connectivity index (χ1v) is 6.41. The van der Waals surface area contributed by atoms with Crippen LogP contribution in [0, 0.1) is 5.92 Å². The highest BCUT2D eigenvalue weighted by Crippen LogP contribution is 2.18. The minimum absolute atomic E-state index is 0.173. The molecule has 0 spiro atoms. The molecule has 1 saturated heterocycles. The zero-order valence-corrected chi connectivity index (χ0v) is 12.2. The summed E-state index contributed by atoms with van der Waals surface area (Å²) in [6, 6.07) is -0.173. The molecule has 1 fully saturated rings. The van der Waals surface area contributed by atoms with Gasteiger partial charge in [-0.3, -0.25) is 4.79 Å². The van der Waals surface area contributed by atoms with Crippen LogP contribution in [0.5, 0.6) is 0 Å². The van der Waals surface area contributed by atoms with Gasteiger partial charge in [0.2, 0.25) is 5.91 Å². The zero-order chi connectivity index (χ0) is 13.7. The van der Waals surface area contributed by atoms with Crippen molar-refractivity contribution in [1.29, 1.82) is 0 Å².